The lowest BCUT2D eigenvalue weighted by molar-refractivity contribution is -0.144. The molecule has 174 valence electrons. The zero-order valence-corrected chi connectivity index (χ0v) is 17.6. The predicted molar refractivity (Wildman–Crippen MR) is 114 cm³/mol. The summed E-state index contributed by atoms with van der Waals surface area (Å²) in [4.78, 5) is 22.6. The Hall–Kier alpha value is -2.95. The number of halogens is 3. The summed E-state index contributed by atoms with van der Waals surface area (Å²) in [5.74, 6) is -1.66. The number of carboxylic acids is 1. The lowest BCUT2D eigenvalue weighted by atomic mass is 10.1. The van der Waals surface area contributed by atoms with Crippen molar-refractivity contribution < 1.29 is 23.1 Å². The third kappa shape index (κ3) is 7.04. The van der Waals surface area contributed by atoms with Crippen LogP contribution in [0.4, 0.5) is 24.8 Å². The first-order valence-corrected chi connectivity index (χ1v) is 10.7. The first-order chi connectivity index (χ1) is 15.3. The molecule has 2 aromatic rings. The molecule has 3 rings (SSSR count). The van der Waals surface area contributed by atoms with Crippen molar-refractivity contribution in [3.63, 3.8) is 0 Å². The number of nitrogens with one attached hydrogen (secondary N) is 3. The Labute approximate surface area is 184 Å². The number of aliphatic carboxylic acids is 1. The molecule has 8 nitrogen and oxygen atoms in total. The zero-order valence-electron chi connectivity index (χ0n) is 17.6. The number of pyridine rings is 1. The Morgan fingerprint density at radius 2 is 2.03 bits per heavy atom. The minimum absolute atomic E-state index is 0.174. The molecule has 1 atom stereocenters. The van der Waals surface area contributed by atoms with Crippen molar-refractivity contribution in [2.45, 2.75) is 50.7 Å². The van der Waals surface area contributed by atoms with Gasteiger partial charge in [0.05, 0.1) is 0 Å². The van der Waals surface area contributed by atoms with Gasteiger partial charge in [-0.15, -0.1) is 0 Å². The van der Waals surface area contributed by atoms with Gasteiger partial charge in [-0.05, 0) is 69.3 Å². The highest BCUT2D eigenvalue weighted by Gasteiger charge is 2.35. The van der Waals surface area contributed by atoms with E-state index < -0.39 is 24.0 Å². The number of aryl methyl sites for hydroxylation is 2. The molecule has 0 radical (unpaired) electrons. The molecule has 4 N–H and O–H groups in total. The Balaban J connectivity index is 1.36. The fourth-order valence-corrected chi connectivity index (χ4v) is 3.45. The van der Waals surface area contributed by atoms with E-state index in [4.69, 9.17) is 0 Å². The molecule has 0 spiro atoms. The summed E-state index contributed by atoms with van der Waals surface area (Å²) in [5.41, 5.74) is 2.32. The van der Waals surface area contributed by atoms with E-state index in [9.17, 15) is 23.1 Å². The normalized spacial score (nSPS) is 14.3. The van der Waals surface area contributed by atoms with E-state index in [1.807, 2.05) is 0 Å². The van der Waals surface area contributed by atoms with Crippen LogP contribution < -0.4 is 16.0 Å². The lowest BCUT2D eigenvalue weighted by Crippen LogP contribution is -2.33. The Morgan fingerprint density at radius 3 is 2.81 bits per heavy atom. The number of anilines is 2. The second-order valence-electron chi connectivity index (χ2n) is 7.63. The summed E-state index contributed by atoms with van der Waals surface area (Å²) in [5, 5.41) is 18.4. The van der Waals surface area contributed by atoms with Gasteiger partial charge in [-0.1, -0.05) is 6.07 Å². The highest BCUT2D eigenvalue weighted by molar-refractivity contribution is 5.76. The molecule has 0 amide bonds. The molecular formula is C21H27F3N6O2. The van der Waals surface area contributed by atoms with Gasteiger partial charge >= 0.3 is 12.1 Å². The molecule has 1 aliphatic heterocycles. The van der Waals surface area contributed by atoms with Crippen LogP contribution in [0.3, 0.4) is 0 Å². The minimum atomic E-state index is -4.69. The van der Waals surface area contributed by atoms with Gasteiger partial charge in [-0.25, -0.2) is 19.7 Å². The Kier molecular flexibility index (Phi) is 8.20. The van der Waals surface area contributed by atoms with Gasteiger partial charge in [0.25, 0.3) is 0 Å². The van der Waals surface area contributed by atoms with E-state index >= 15 is 0 Å². The molecule has 0 fully saturated rings. The number of aromatic nitrogens is 3. The summed E-state index contributed by atoms with van der Waals surface area (Å²) in [7, 11) is 0. The van der Waals surface area contributed by atoms with Crippen molar-refractivity contribution in [1.29, 1.82) is 0 Å². The molecule has 0 saturated heterocycles. The van der Waals surface area contributed by atoms with Crippen molar-refractivity contribution >= 4 is 17.6 Å². The first kappa shape index (κ1) is 23.7. The third-order valence-electron chi connectivity index (χ3n) is 5.13. The summed E-state index contributed by atoms with van der Waals surface area (Å²) in [6.45, 7) is 2.07. The van der Waals surface area contributed by atoms with E-state index in [0.717, 1.165) is 56.4 Å². The van der Waals surface area contributed by atoms with E-state index in [2.05, 4.69) is 43.0 Å². The fraction of sp³-hybridized carbons (Fsp3) is 0.524. The molecule has 2 aromatic heterocycles. The Morgan fingerprint density at radius 1 is 1.19 bits per heavy atom. The molecule has 1 unspecified atom stereocenters. The maximum atomic E-state index is 12.7. The zero-order chi connectivity index (χ0) is 23.0. The van der Waals surface area contributed by atoms with Crippen molar-refractivity contribution in [1.82, 2.24) is 20.3 Å². The van der Waals surface area contributed by atoms with Gasteiger partial charge < -0.3 is 21.1 Å². The molecule has 0 aliphatic carbocycles. The average molecular weight is 452 g/mol. The monoisotopic (exact) mass is 452 g/mol. The van der Waals surface area contributed by atoms with Gasteiger partial charge in [-0.2, -0.15) is 13.2 Å². The fourth-order valence-electron chi connectivity index (χ4n) is 3.45. The van der Waals surface area contributed by atoms with Gasteiger partial charge in [0.1, 0.15) is 17.7 Å². The molecule has 32 heavy (non-hydrogen) atoms. The topological polar surface area (TPSA) is 112 Å². The largest absolute Gasteiger partial charge is 0.480 e. The Bertz CT molecular complexity index is 909. The number of hydrogen-bond acceptors (Lipinski definition) is 7. The van der Waals surface area contributed by atoms with E-state index in [-0.39, 0.29) is 12.2 Å². The SMILES string of the molecule is O=C(O)C(CCNCCCCc1ccc2c(n1)NCCC2)Nc1ccnc(C(F)(F)F)n1. The number of alkyl halides is 3. The lowest BCUT2D eigenvalue weighted by Gasteiger charge is -2.17. The summed E-state index contributed by atoms with van der Waals surface area (Å²) in [6.07, 6.45) is 1.35. The molecule has 0 bridgehead atoms. The minimum Gasteiger partial charge on any atom is -0.480 e. The number of unbranched alkanes of at least 4 members (excludes halogenated alkanes) is 1. The first-order valence-electron chi connectivity index (χ1n) is 10.7. The van der Waals surface area contributed by atoms with Crippen molar-refractivity contribution in [3.8, 4) is 0 Å². The molecule has 11 heteroatoms. The molecule has 3 heterocycles. The van der Waals surface area contributed by atoms with E-state index in [1.165, 1.54) is 11.6 Å². The quantitative estimate of drug-likeness (QED) is 0.385. The van der Waals surface area contributed by atoms with Gasteiger partial charge in [0.15, 0.2) is 0 Å². The van der Waals surface area contributed by atoms with Crippen LogP contribution in [-0.2, 0) is 23.8 Å². The number of rotatable bonds is 11. The van der Waals surface area contributed by atoms with Crippen molar-refractivity contribution in [2.75, 3.05) is 30.3 Å². The second kappa shape index (κ2) is 11.1. The summed E-state index contributed by atoms with van der Waals surface area (Å²) >= 11 is 0. The molecule has 0 saturated carbocycles. The highest BCUT2D eigenvalue weighted by atomic mass is 19.4. The maximum absolute atomic E-state index is 12.7. The van der Waals surface area contributed by atoms with Crippen LogP contribution in [0.2, 0.25) is 0 Å². The highest BCUT2D eigenvalue weighted by Crippen LogP contribution is 2.26. The van der Waals surface area contributed by atoms with Crippen molar-refractivity contribution in [3.05, 3.63) is 41.5 Å². The number of hydrogen-bond donors (Lipinski definition) is 4. The summed E-state index contributed by atoms with van der Waals surface area (Å²) in [6, 6.07) is 4.35. The van der Waals surface area contributed by atoms with E-state index in [0.29, 0.717) is 13.1 Å². The number of nitrogens with zero attached hydrogens (tertiary/aromatic N) is 3. The van der Waals surface area contributed by atoms with E-state index in [1.54, 1.807) is 0 Å². The molecule has 0 aromatic carbocycles. The molecule has 1 aliphatic rings. The van der Waals surface area contributed by atoms with Gasteiger partial charge in [0.2, 0.25) is 5.82 Å². The maximum Gasteiger partial charge on any atom is 0.451 e. The number of carboxylic acid groups (broad SMARTS) is 1. The van der Waals surface area contributed by atoms with Crippen LogP contribution in [0.5, 0.6) is 0 Å². The van der Waals surface area contributed by atoms with Crippen LogP contribution >= 0.6 is 0 Å². The van der Waals surface area contributed by atoms with Gasteiger partial charge in [-0.3, -0.25) is 0 Å². The number of fused-ring (bicyclic) bond motifs is 1. The number of carbonyl (C=O) groups is 1. The standard InChI is InChI=1S/C21H27F3N6O2/c22-21(23,24)20-27-13-9-17(30-20)29-16(19(31)32)8-12-25-10-2-1-5-15-7-6-14-4-3-11-26-18(14)28-15/h6-7,9,13,16,25H,1-5,8,10-12H2,(H,26,28)(H,31,32)(H,27,29,30). The smallest absolute Gasteiger partial charge is 0.451 e. The molecular weight excluding hydrogens is 425 g/mol. The van der Waals surface area contributed by atoms with Gasteiger partial charge in [0, 0.05) is 18.4 Å². The van der Waals surface area contributed by atoms with Crippen molar-refractivity contribution in [2.24, 2.45) is 0 Å². The van der Waals surface area contributed by atoms with Crippen LogP contribution in [0.1, 0.15) is 42.8 Å². The van der Waals surface area contributed by atoms with Crippen LogP contribution in [0.25, 0.3) is 0 Å². The third-order valence-corrected chi connectivity index (χ3v) is 5.13. The van der Waals surface area contributed by atoms with Crippen LogP contribution in [0, 0.1) is 0 Å². The predicted octanol–water partition coefficient (Wildman–Crippen LogP) is 3.12. The summed E-state index contributed by atoms with van der Waals surface area (Å²) < 4.78 is 38.1. The van der Waals surface area contributed by atoms with Crippen LogP contribution in [-0.4, -0.2) is 51.7 Å². The second-order valence-corrected chi connectivity index (χ2v) is 7.63. The average Bonchev–Trinajstić information content (AvgIpc) is 2.77. The van der Waals surface area contributed by atoms with Crippen LogP contribution in [0.15, 0.2) is 24.4 Å².